The van der Waals surface area contributed by atoms with Crippen LogP contribution in [0.2, 0.25) is 0 Å². The topological polar surface area (TPSA) is 35.2 Å². The lowest BCUT2D eigenvalue weighted by molar-refractivity contribution is 0.100. The zero-order valence-corrected chi connectivity index (χ0v) is 9.13. The lowest BCUT2D eigenvalue weighted by atomic mass is 9.90. The van der Waals surface area contributed by atoms with Crippen LogP contribution in [0, 0.1) is 5.82 Å². The van der Waals surface area contributed by atoms with Crippen LogP contribution in [0.4, 0.5) is 4.39 Å². The predicted octanol–water partition coefficient (Wildman–Crippen LogP) is 2.46. The fourth-order valence-electron chi connectivity index (χ4n) is 1.45. The number of hydrogen-bond acceptors (Lipinski definition) is 2. The quantitative estimate of drug-likeness (QED) is 0.886. The van der Waals surface area contributed by atoms with E-state index in [1.54, 1.807) is 12.1 Å². The smallest absolute Gasteiger partial charge is 0.141 e. The average molecular weight is 260 g/mol. The van der Waals surface area contributed by atoms with Crippen molar-refractivity contribution in [3.05, 3.63) is 28.5 Å². The molecule has 76 valence electrons. The maximum absolute atomic E-state index is 13.1. The van der Waals surface area contributed by atoms with Crippen LogP contribution < -0.4 is 10.5 Å². The SMILES string of the molecule is NC1CC(Oc2ccc(Br)c(F)c2)C1. The number of benzene rings is 1. The standard InChI is InChI=1S/C10H11BrFNO/c11-9-2-1-7(5-10(9)12)14-8-3-6(13)4-8/h1-2,5-6,8H,3-4,13H2. The van der Waals surface area contributed by atoms with Gasteiger partial charge in [0.1, 0.15) is 17.7 Å². The molecule has 1 aromatic rings. The molecule has 2 rings (SSSR count). The zero-order chi connectivity index (χ0) is 10.1. The van der Waals surface area contributed by atoms with Crippen LogP contribution in [-0.4, -0.2) is 12.1 Å². The molecule has 1 fully saturated rings. The van der Waals surface area contributed by atoms with Crippen molar-refractivity contribution in [1.29, 1.82) is 0 Å². The molecule has 2 nitrogen and oxygen atoms in total. The van der Waals surface area contributed by atoms with Gasteiger partial charge in [-0.15, -0.1) is 0 Å². The summed E-state index contributed by atoms with van der Waals surface area (Å²) in [5, 5.41) is 0. The average Bonchev–Trinajstić information content (AvgIpc) is 2.09. The van der Waals surface area contributed by atoms with Gasteiger partial charge in [-0.25, -0.2) is 4.39 Å². The molecular formula is C10H11BrFNO. The van der Waals surface area contributed by atoms with Crippen molar-refractivity contribution in [1.82, 2.24) is 0 Å². The molecule has 1 aliphatic rings. The molecular weight excluding hydrogens is 249 g/mol. The number of ether oxygens (including phenoxy) is 1. The van der Waals surface area contributed by atoms with Gasteiger partial charge in [-0.2, -0.15) is 0 Å². The minimum Gasteiger partial charge on any atom is -0.490 e. The van der Waals surface area contributed by atoms with E-state index in [-0.39, 0.29) is 18.0 Å². The van der Waals surface area contributed by atoms with Crippen molar-refractivity contribution in [2.75, 3.05) is 0 Å². The molecule has 0 bridgehead atoms. The van der Waals surface area contributed by atoms with Crippen molar-refractivity contribution in [2.45, 2.75) is 25.0 Å². The van der Waals surface area contributed by atoms with E-state index in [9.17, 15) is 4.39 Å². The molecule has 1 aromatic carbocycles. The summed E-state index contributed by atoms with van der Waals surface area (Å²) in [5.74, 6) is 0.272. The van der Waals surface area contributed by atoms with Gasteiger partial charge in [0.05, 0.1) is 4.47 Å². The van der Waals surface area contributed by atoms with E-state index in [0.717, 1.165) is 12.8 Å². The third kappa shape index (κ3) is 2.07. The lowest BCUT2D eigenvalue weighted by Gasteiger charge is -2.32. The molecule has 1 aliphatic carbocycles. The molecule has 0 saturated heterocycles. The van der Waals surface area contributed by atoms with Gasteiger partial charge in [0.2, 0.25) is 0 Å². The Morgan fingerprint density at radius 3 is 2.71 bits per heavy atom. The highest BCUT2D eigenvalue weighted by Gasteiger charge is 2.27. The van der Waals surface area contributed by atoms with Crippen LogP contribution in [-0.2, 0) is 0 Å². The van der Waals surface area contributed by atoms with E-state index in [1.807, 2.05) is 0 Å². The van der Waals surface area contributed by atoms with E-state index in [1.165, 1.54) is 6.07 Å². The Kier molecular flexibility index (Phi) is 2.74. The largest absolute Gasteiger partial charge is 0.490 e. The second-order valence-corrected chi connectivity index (χ2v) is 4.40. The molecule has 4 heteroatoms. The normalized spacial score (nSPS) is 25.6. The van der Waals surface area contributed by atoms with Crippen LogP contribution in [0.15, 0.2) is 22.7 Å². The minimum atomic E-state index is -0.300. The van der Waals surface area contributed by atoms with Gasteiger partial charge in [-0.05, 0) is 40.9 Å². The van der Waals surface area contributed by atoms with Gasteiger partial charge in [-0.1, -0.05) is 0 Å². The van der Waals surface area contributed by atoms with Gasteiger partial charge >= 0.3 is 0 Å². The van der Waals surface area contributed by atoms with Gasteiger partial charge < -0.3 is 10.5 Å². The summed E-state index contributed by atoms with van der Waals surface area (Å²) in [7, 11) is 0. The fourth-order valence-corrected chi connectivity index (χ4v) is 1.69. The Balaban J connectivity index is 2.00. The summed E-state index contributed by atoms with van der Waals surface area (Å²) in [5.41, 5.74) is 5.61. The molecule has 0 aliphatic heterocycles. The first-order valence-electron chi connectivity index (χ1n) is 4.52. The van der Waals surface area contributed by atoms with Crippen LogP contribution in [0.3, 0.4) is 0 Å². The van der Waals surface area contributed by atoms with Crippen LogP contribution in [0.25, 0.3) is 0 Å². The van der Waals surface area contributed by atoms with E-state index in [0.29, 0.717) is 10.2 Å². The van der Waals surface area contributed by atoms with Crippen molar-refractivity contribution in [3.63, 3.8) is 0 Å². The first-order valence-corrected chi connectivity index (χ1v) is 5.32. The van der Waals surface area contributed by atoms with E-state index in [2.05, 4.69) is 15.9 Å². The minimum absolute atomic E-state index is 0.158. The maximum atomic E-state index is 13.1. The number of nitrogens with two attached hydrogens (primary N) is 1. The van der Waals surface area contributed by atoms with Gasteiger partial charge in [0, 0.05) is 12.1 Å². The Morgan fingerprint density at radius 1 is 1.43 bits per heavy atom. The zero-order valence-electron chi connectivity index (χ0n) is 7.54. The van der Waals surface area contributed by atoms with Crippen LogP contribution >= 0.6 is 15.9 Å². The Bertz CT molecular complexity index is 339. The molecule has 1 saturated carbocycles. The molecule has 0 spiro atoms. The number of hydrogen-bond donors (Lipinski definition) is 1. The molecule has 0 unspecified atom stereocenters. The highest BCUT2D eigenvalue weighted by molar-refractivity contribution is 9.10. The highest BCUT2D eigenvalue weighted by atomic mass is 79.9. The summed E-state index contributed by atoms with van der Waals surface area (Å²) in [6.07, 6.45) is 1.88. The Morgan fingerprint density at radius 2 is 2.14 bits per heavy atom. The molecule has 0 atom stereocenters. The molecule has 2 N–H and O–H groups in total. The third-order valence-corrected chi connectivity index (χ3v) is 2.97. The van der Waals surface area contributed by atoms with Crippen molar-refractivity contribution >= 4 is 15.9 Å². The second-order valence-electron chi connectivity index (χ2n) is 3.55. The number of halogens is 2. The monoisotopic (exact) mass is 259 g/mol. The molecule has 0 heterocycles. The van der Waals surface area contributed by atoms with Crippen molar-refractivity contribution in [2.24, 2.45) is 5.73 Å². The Hall–Kier alpha value is -0.610. The molecule has 0 radical (unpaired) electrons. The first-order chi connectivity index (χ1) is 6.65. The summed E-state index contributed by atoms with van der Waals surface area (Å²) in [4.78, 5) is 0. The molecule has 14 heavy (non-hydrogen) atoms. The van der Waals surface area contributed by atoms with E-state index < -0.39 is 0 Å². The maximum Gasteiger partial charge on any atom is 0.141 e. The van der Waals surface area contributed by atoms with Crippen LogP contribution in [0.5, 0.6) is 5.75 Å². The predicted molar refractivity (Wildman–Crippen MR) is 55.7 cm³/mol. The van der Waals surface area contributed by atoms with Gasteiger partial charge in [0.15, 0.2) is 0 Å². The highest BCUT2D eigenvalue weighted by Crippen LogP contribution is 2.27. The summed E-state index contributed by atoms with van der Waals surface area (Å²) in [6.45, 7) is 0. The first kappa shape index (κ1) is 9.93. The fraction of sp³-hybridized carbons (Fsp3) is 0.400. The van der Waals surface area contributed by atoms with Crippen LogP contribution in [0.1, 0.15) is 12.8 Å². The van der Waals surface area contributed by atoms with E-state index in [4.69, 9.17) is 10.5 Å². The second kappa shape index (κ2) is 3.87. The molecule has 0 aromatic heterocycles. The van der Waals surface area contributed by atoms with Gasteiger partial charge in [-0.3, -0.25) is 0 Å². The summed E-state index contributed by atoms with van der Waals surface area (Å²) < 4.78 is 19.0. The molecule has 0 amide bonds. The third-order valence-electron chi connectivity index (χ3n) is 2.33. The summed E-state index contributed by atoms with van der Waals surface area (Å²) in [6, 6.07) is 5.02. The lowest BCUT2D eigenvalue weighted by Crippen LogP contribution is -2.43. The van der Waals surface area contributed by atoms with Crippen molar-refractivity contribution in [3.8, 4) is 5.75 Å². The summed E-state index contributed by atoms with van der Waals surface area (Å²) >= 11 is 3.09. The van der Waals surface area contributed by atoms with Gasteiger partial charge in [0.25, 0.3) is 0 Å². The number of rotatable bonds is 2. The van der Waals surface area contributed by atoms with Crippen molar-refractivity contribution < 1.29 is 9.13 Å². The Labute approximate surface area is 90.4 Å². The van der Waals surface area contributed by atoms with E-state index >= 15 is 0 Å².